The van der Waals surface area contributed by atoms with E-state index in [0.29, 0.717) is 25.5 Å². The number of carbonyl (C=O) groups is 1. The monoisotopic (exact) mass is 314 g/mol. The Morgan fingerprint density at radius 1 is 1.30 bits per heavy atom. The fraction of sp³-hybridized carbons (Fsp3) is 0.474. The lowest BCUT2D eigenvalue weighted by molar-refractivity contribution is -0.121. The van der Waals surface area contributed by atoms with E-state index in [2.05, 4.69) is 24.1 Å². The molecule has 0 radical (unpaired) electrons. The first-order valence-corrected chi connectivity index (χ1v) is 8.44. The summed E-state index contributed by atoms with van der Waals surface area (Å²) in [4.78, 5) is 16.1. The van der Waals surface area contributed by atoms with Crippen molar-refractivity contribution < 1.29 is 9.53 Å². The number of para-hydroxylation sites is 1. The molecule has 1 heterocycles. The van der Waals surface area contributed by atoms with Crippen molar-refractivity contribution in [2.24, 2.45) is 5.92 Å². The largest absolute Gasteiger partial charge is 0.491 e. The molecule has 0 saturated carbocycles. The fourth-order valence-corrected chi connectivity index (χ4v) is 2.66. The van der Waals surface area contributed by atoms with Crippen molar-refractivity contribution in [3.05, 3.63) is 36.5 Å². The van der Waals surface area contributed by atoms with Gasteiger partial charge in [-0.05, 0) is 24.5 Å². The number of hydrogen-bond acceptors (Lipinski definition) is 3. The lowest BCUT2D eigenvalue weighted by atomic mass is 10.0. The van der Waals surface area contributed by atoms with E-state index in [1.165, 1.54) is 0 Å². The van der Waals surface area contributed by atoms with Gasteiger partial charge in [0, 0.05) is 24.5 Å². The average Bonchev–Trinajstić information content (AvgIpc) is 2.55. The molecule has 4 nitrogen and oxygen atoms in total. The lowest BCUT2D eigenvalue weighted by Crippen LogP contribution is -2.26. The van der Waals surface area contributed by atoms with Crippen molar-refractivity contribution in [3.8, 4) is 5.75 Å². The number of rotatable bonds is 9. The summed E-state index contributed by atoms with van der Waals surface area (Å²) in [5.74, 6) is 1.39. The number of nitrogens with one attached hydrogen (secondary N) is 1. The summed E-state index contributed by atoms with van der Waals surface area (Å²) < 4.78 is 5.81. The number of aromatic nitrogens is 1. The quantitative estimate of drug-likeness (QED) is 0.713. The van der Waals surface area contributed by atoms with E-state index in [4.69, 9.17) is 4.74 Å². The van der Waals surface area contributed by atoms with Crippen LogP contribution in [0.2, 0.25) is 0 Å². The molecular weight excluding hydrogens is 288 g/mol. The third-order valence-corrected chi connectivity index (χ3v) is 3.81. The molecule has 0 bridgehead atoms. The zero-order valence-electron chi connectivity index (χ0n) is 14.0. The van der Waals surface area contributed by atoms with Crippen LogP contribution in [0.5, 0.6) is 5.75 Å². The zero-order chi connectivity index (χ0) is 16.5. The number of carbonyl (C=O) groups excluding carboxylic acids is 1. The van der Waals surface area contributed by atoms with Gasteiger partial charge >= 0.3 is 0 Å². The summed E-state index contributed by atoms with van der Waals surface area (Å²) in [6.45, 7) is 5.49. The minimum Gasteiger partial charge on any atom is -0.491 e. The Labute approximate surface area is 138 Å². The molecule has 0 aliphatic carbocycles. The predicted octanol–water partition coefficient (Wildman–Crippen LogP) is 3.95. The van der Waals surface area contributed by atoms with Crippen molar-refractivity contribution in [1.82, 2.24) is 10.3 Å². The second-order valence-electron chi connectivity index (χ2n) is 5.98. The smallest absolute Gasteiger partial charge is 0.220 e. The SMILES string of the molecule is CCCC(C)CC(=O)NCCCOc1cccc2cccnc12. The molecule has 1 N–H and O–H groups in total. The van der Waals surface area contributed by atoms with Crippen LogP contribution in [0, 0.1) is 5.92 Å². The summed E-state index contributed by atoms with van der Waals surface area (Å²) in [5.41, 5.74) is 0.882. The van der Waals surface area contributed by atoms with Crippen molar-refractivity contribution in [2.45, 2.75) is 39.5 Å². The van der Waals surface area contributed by atoms with Gasteiger partial charge in [-0.15, -0.1) is 0 Å². The summed E-state index contributed by atoms with van der Waals surface area (Å²) in [6, 6.07) is 9.86. The van der Waals surface area contributed by atoms with Gasteiger partial charge in [0.25, 0.3) is 0 Å². The Morgan fingerprint density at radius 3 is 2.96 bits per heavy atom. The van der Waals surface area contributed by atoms with Crippen molar-refractivity contribution >= 4 is 16.8 Å². The average molecular weight is 314 g/mol. The zero-order valence-corrected chi connectivity index (χ0v) is 14.0. The maximum atomic E-state index is 11.8. The highest BCUT2D eigenvalue weighted by atomic mass is 16.5. The van der Waals surface area contributed by atoms with Crippen molar-refractivity contribution in [3.63, 3.8) is 0 Å². The van der Waals surface area contributed by atoms with Crippen LogP contribution in [0.3, 0.4) is 0 Å². The molecule has 2 rings (SSSR count). The first kappa shape index (κ1) is 17.3. The van der Waals surface area contributed by atoms with Gasteiger partial charge in [-0.25, -0.2) is 0 Å². The molecule has 1 unspecified atom stereocenters. The minimum atomic E-state index is 0.137. The van der Waals surface area contributed by atoms with Crippen LogP contribution in [-0.2, 0) is 4.79 Å². The normalized spacial score (nSPS) is 12.1. The highest BCUT2D eigenvalue weighted by molar-refractivity contribution is 5.84. The molecule has 1 atom stereocenters. The van der Waals surface area contributed by atoms with Crippen LogP contribution >= 0.6 is 0 Å². The summed E-state index contributed by atoms with van der Waals surface area (Å²) >= 11 is 0. The molecule has 0 aliphatic heterocycles. The molecule has 0 spiro atoms. The van der Waals surface area contributed by atoms with Crippen molar-refractivity contribution in [2.75, 3.05) is 13.2 Å². The van der Waals surface area contributed by atoms with Crippen LogP contribution in [0.25, 0.3) is 10.9 Å². The van der Waals surface area contributed by atoms with E-state index < -0.39 is 0 Å². The predicted molar refractivity (Wildman–Crippen MR) is 93.6 cm³/mol. The number of fused-ring (bicyclic) bond motifs is 1. The van der Waals surface area contributed by atoms with Gasteiger partial charge in [-0.3, -0.25) is 9.78 Å². The number of amides is 1. The topological polar surface area (TPSA) is 51.2 Å². The highest BCUT2D eigenvalue weighted by Crippen LogP contribution is 2.22. The number of ether oxygens (including phenoxy) is 1. The molecule has 0 saturated heterocycles. The Kier molecular flexibility index (Phi) is 6.85. The van der Waals surface area contributed by atoms with E-state index in [1.807, 2.05) is 30.3 Å². The number of pyridine rings is 1. The Morgan fingerprint density at radius 2 is 2.13 bits per heavy atom. The Hall–Kier alpha value is -2.10. The minimum absolute atomic E-state index is 0.137. The van der Waals surface area contributed by atoms with Crippen LogP contribution < -0.4 is 10.1 Å². The molecule has 1 amide bonds. The maximum absolute atomic E-state index is 11.8. The molecular formula is C19H26N2O2. The van der Waals surface area contributed by atoms with Gasteiger partial charge in [0.1, 0.15) is 11.3 Å². The molecule has 2 aromatic rings. The summed E-state index contributed by atoms with van der Waals surface area (Å²) in [6.07, 6.45) is 5.40. The molecule has 23 heavy (non-hydrogen) atoms. The summed E-state index contributed by atoms with van der Waals surface area (Å²) in [5, 5.41) is 4.03. The van der Waals surface area contributed by atoms with Gasteiger partial charge in [0.15, 0.2) is 0 Å². The number of nitrogens with zero attached hydrogens (tertiary/aromatic N) is 1. The molecule has 1 aromatic heterocycles. The molecule has 1 aromatic carbocycles. The lowest BCUT2D eigenvalue weighted by Gasteiger charge is -2.11. The van der Waals surface area contributed by atoms with Crippen LogP contribution in [0.1, 0.15) is 39.5 Å². The van der Waals surface area contributed by atoms with E-state index in [1.54, 1.807) is 6.20 Å². The Balaban J connectivity index is 1.70. The van der Waals surface area contributed by atoms with E-state index in [9.17, 15) is 4.79 Å². The van der Waals surface area contributed by atoms with E-state index >= 15 is 0 Å². The first-order chi connectivity index (χ1) is 11.2. The van der Waals surface area contributed by atoms with Gasteiger partial charge < -0.3 is 10.1 Å². The van der Waals surface area contributed by atoms with E-state index in [0.717, 1.165) is 35.9 Å². The standard InChI is InChI=1S/C19H26N2O2/c1-3-7-15(2)14-18(22)20-12-6-13-23-17-10-4-8-16-9-5-11-21-19(16)17/h4-5,8-11,15H,3,6-7,12-14H2,1-2H3,(H,20,22). The third-order valence-electron chi connectivity index (χ3n) is 3.81. The van der Waals surface area contributed by atoms with Crippen LogP contribution in [0.15, 0.2) is 36.5 Å². The van der Waals surface area contributed by atoms with Gasteiger partial charge in [0.2, 0.25) is 5.91 Å². The van der Waals surface area contributed by atoms with Gasteiger partial charge in [0.05, 0.1) is 6.61 Å². The van der Waals surface area contributed by atoms with Crippen molar-refractivity contribution in [1.29, 1.82) is 0 Å². The van der Waals surface area contributed by atoms with E-state index in [-0.39, 0.29) is 5.91 Å². The molecule has 0 fully saturated rings. The second-order valence-corrected chi connectivity index (χ2v) is 5.98. The first-order valence-electron chi connectivity index (χ1n) is 8.44. The van der Waals surface area contributed by atoms with Crippen LogP contribution in [-0.4, -0.2) is 24.0 Å². The van der Waals surface area contributed by atoms with Gasteiger partial charge in [-0.2, -0.15) is 0 Å². The highest BCUT2D eigenvalue weighted by Gasteiger charge is 2.07. The molecule has 4 heteroatoms. The fourth-order valence-electron chi connectivity index (χ4n) is 2.66. The molecule has 124 valence electrons. The number of benzene rings is 1. The number of hydrogen-bond donors (Lipinski definition) is 1. The molecule has 0 aliphatic rings. The maximum Gasteiger partial charge on any atom is 0.220 e. The van der Waals surface area contributed by atoms with Crippen LogP contribution in [0.4, 0.5) is 0 Å². The summed E-state index contributed by atoms with van der Waals surface area (Å²) in [7, 11) is 0. The second kappa shape index (κ2) is 9.13. The Bertz CT molecular complexity index is 622. The van der Waals surface area contributed by atoms with Gasteiger partial charge in [-0.1, -0.05) is 44.9 Å². The third kappa shape index (κ3) is 5.55.